The Kier molecular flexibility index (Phi) is 2.94. The molecule has 0 atom stereocenters. The second kappa shape index (κ2) is 4.59. The smallest absolute Gasteiger partial charge is 0.0983 e. The fourth-order valence-corrected chi connectivity index (χ4v) is 3.02. The summed E-state index contributed by atoms with van der Waals surface area (Å²) in [5, 5.41) is 1.78. The number of nitrogens with two attached hydrogens (primary N) is 1. The predicted molar refractivity (Wildman–Crippen MR) is 78.3 cm³/mol. The lowest BCUT2D eigenvalue weighted by Crippen LogP contribution is -1.94. The molecule has 1 aromatic heterocycles. The number of fused-ring (bicyclic) bond motifs is 1. The molecule has 0 unspecified atom stereocenters. The monoisotopic (exact) mass is 274 g/mol. The molecular formula is C14H11ClN2S. The van der Waals surface area contributed by atoms with Gasteiger partial charge in [-0.25, -0.2) is 4.98 Å². The maximum Gasteiger partial charge on any atom is 0.0983 e. The lowest BCUT2D eigenvalue weighted by Gasteiger charge is -2.01. The van der Waals surface area contributed by atoms with E-state index in [1.165, 1.54) is 0 Å². The van der Waals surface area contributed by atoms with Crippen LogP contribution in [0.25, 0.3) is 10.2 Å². The summed E-state index contributed by atoms with van der Waals surface area (Å²) in [6, 6.07) is 13.7. The first-order chi connectivity index (χ1) is 8.72. The van der Waals surface area contributed by atoms with E-state index in [1.807, 2.05) is 42.5 Å². The Hall–Kier alpha value is -1.58. The third-order valence-electron chi connectivity index (χ3n) is 2.79. The van der Waals surface area contributed by atoms with Crippen LogP contribution in [0.15, 0.2) is 42.5 Å². The molecule has 0 saturated carbocycles. The number of hydrogen-bond donors (Lipinski definition) is 1. The van der Waals surface area contributed by atoms with Crippen LogP contribution >= 0.6 is 22.9 Å². The Morgan fingerprint density at radius 3 is 2.83 bits per heavy atom. The lowest BCUT2D eigenvalue weighted by atomic mass is 10.1. The Morgan fingerprint density at radius 1 is 1.17 bits per heavy atom. The minimum Gasteiger partial charge on any atom is -0.398 e. The fourth-order valence-electron chi connectivity index (χ4n) is 1.88. The van der Waals surface area contributed by atoms with Crippen molar-refractivity contribution in [2.45, 2.75) is 6.42 Å². The molecule has 2 N–H and O–H groups in total. The molecule has 90 valence electrons. The predicted octanol–water partition coefficient (Wildman–Crippen LogP) is 4.12. The van der Waals surface area contributed by atoms with Gasteiger partial charge in [-0.1, -0.05) is 29.8 Å². The van der Waals surface area contributed by atoms with E-state index in [1.54, 1.807) is 11.3 Å². The summed E-state index contributed by atoms with van der Waals surface area (Å²) >= 11 is 7.64. The van der Waals surface area contributed by atoms with Crippen LogP contribution in [0, 0.1) is 0 Å². The number of anilines is 1. The van der Waals surface area contributed by atoms with Gasteiger partial charge in [0.2, 0.25) is 0 Å². The minimum atomic E-state index is 0.721. The van der Waals surface area contributed by atoms with Crippen LogP contribution in [0.4, 0.5) is 5.69 Å². The molecule has 0 saturated heterocycles. The maximum atomic E-state index is 5.96. The fraction of sp³-hybridized carbons (Fsp3) is 0.0714. The van der Waals surface area contributed by atoms with E-state index in [0.29, 0.717) is 0 Å². The largest absolute Gasteiger partial charge is 0.398 e. The van der Waals surface area contributed by atoms with Crippen molar-refractivity contribution in [3.8, 4) is 0 Å². The standard InChI is InChI=1S/C14H11ClN2S/c15-10-5-6-13-12(8-10)17-14(18-13)7-9-3-1-2-4-11(9)16/h1-6,8H,7,16H2. The Bertz CT molecular complexity index is 706. The van der Waals surface area contributed by atoms with Gasteiger partial charge < -0.3 is 5.73 Å². The van der Waals surface area contributed by atoms with E-state index < -0.39 is 0 Å². The molecule has 0 amide bonds. The number of halogens is 1. The van der Waals surface area contributed by atoms with E-state index >= 15 is 0 Å². The summed E-state index contributed by atoms with van der Waals surface area (Å²) in [5.74, 6) is 0. The van der Waals surface area contributed by atoms with Crippen LogP contribution in [-0.2, 0) is 6.42 Å². The highest BCUT2D eigenvalue weighted by atomic mass is 35.5. The summed E-state index contributed by atoms with van der Waals surface area (Å²) in [6.07, 6.45) is 0.767. The van der Waals surface area contributed by atoms with Gasteiger partial charge in [0.25, 0.3) is 0 Å². The third kappa shape index (κ3) is 2.19. The van der Waals surface area contributed by atoms with Gasteiger partial charge in [0.05, 0.1) is 15.2 Å². The van der Waals surface area contributed by atoms with Gasteiger partial charge in [0.1, 0.15) is 0 Å². The van der Waals surface area contributed by atoms with Gasteiger partial charge in [-0.05, 0) is 29.8 Å². The zero-order valence-corrected chi connectivity index (χ0v) is 11.1. The van der Waals surface area contributed by atoms with Crippen LogP contribution in [0.5, 0.6) is 0 Å². The van der Waals surface area contributed by atoms with Crippen LogP contribution in [0.1, 0.15) is 10.6 Å². The van der Waals surface area contributed by atoms with Crippen LogP contribution < -0.4 is 5.73 Å². The second-order valence-electron chi connectivity index (χ2n) is 4.10. The number of rotatable bonds is 2. The average molecular weight is 275 g/mol. The summed E-state index contributed by atoms with van der Waals surface area (Å²) in [6.45, 7) is 0. The summed E-state index contributed by atoms with van der Waals surface area (Å²) in [4.78, 5) is 4.59. The topological polar surface area (TPSA) is 38.9 Å². The number of hydrogen-bond acceptors (Lipinski definition) is 3. The molecule has 3 aromatic rings. The number of nitrogen functional groups attached to an aromatic ring is 1. The first-order valence-corrected chi connectivity index (χ1v) is 6.80. The number of aromatic nitrogens is 1. The van der Waals surface area contributed by atoms with Gasteiger partial charge in [-0.15, -0.1) is 11.3 Å². The van der Waals surface area contributed by atoms with E-state index in [4.69, 9.17) is 17.3 Å². The SMILES string of the molecule is Nc1ccccc1Cc1nc2cc(Cl)ccc2s1. The van der Waals surface area contributed by atoms with E-state index in [9.17, 15) is 0 Å². The Labute approximate surface area is 114 Å². The first kappa shape index (κ1) is 11.5. The molecule has 2 aromatic carbocycles. The van der Waals surface area contributed by atoms with E-state index in [-0.39, 0.29) is 0 Å². The zero-order chi connectivity index (χ0) is 12.5. The normalized spacial score (nSPS) is 10.9. The van der Waals surface area contributed by atoms with Crippen LogP contribution in [0.3, 0.4) is 0 Å². The molecule has 18 heavy (non-hydrogen) atoms. The Morgan fingerprint density at radius 2 is 2.00 bits per heavy atom. The van der Waals surface area contributed by atoms with Crippen LogP contribution in [-0.4, -0.2) is 4.98 Å². The van der Waals surface area contributed by atoms with Crippen molar-refractivity contribution in [2.75, 3.05) is 5.73 Å². The van der Waals surface area contributed by atoms with Crippen molar-refractivity contribution < 1.29 is 0 Å². The van der Waals surface area contributed by atoms with Crippen molar-refractivity contribution in [3.63, 3.8) is 0 Å². The number of nitrogens with zero attached hydrogens (tertiary/aromatic N) is 1. The quantitative estimate of drug-likeness (QED) is 0.714. The summed E-state index contributed by atoms with van der Waals surface area (Å²) in [7, 11) is 0. The van der Waals surface area contributed by atoms with Crippen molar-refractivity contribution in [1.29, 1.82) is 0 Å². The summed E-state index contributed by atoms with van der Waals surface area (Å²) in [5.41, 5.74) is 8.83. The number of para-hydroxylation sites is 1. The molecule has 4 heteroatoms. The minimum absolute atomic E-state index is 0.721. The van der Waals surface area contributed by atoms with Gasteiger partial charge in [-0.2, -0.15) is 0 Å². The molecule has 0 bridgehead atoms. The van der Waals surface area contributed by atoms with Crippen LogP contribution in [0.2, 0.25) is 5.02 Å². The molecule has 0 aliphatic carbocycles. The van der Waals surface area contributed by atoms with Gasteiger partial charge in [0, 0.05) is 17.1 Å². The van der Waals surface area contributed by atoms with Crippen molar-refractivity contribution in [2.24, 2.45) is 0 Å². The number of thiazole rings is 1. The lowest BCUT2D eigenvalue weighted by molar-refractivity contribution is 1.16. The van der Waals surface area contributed by atoms with E-state index in [0.717, 1.165) is 37.9 Å². The summed E-state index contributed by atoms with van der Waals surface area (Å²) < 4.78 is 1.16. The molecule has 1 heterocycles. The zero-order valence-electron chi connectivity index (χ0n) is 9.56. The van der Waals surface area contributed by atoms with Gasteiger partial charge in [0.15, 0.2) is 0 Å². The molecule has 3 rings (SSSR count). The van der Waals surface area contributed by atoms with Gasteiger partial charge in [-0.3, -0.25) is 0 Å². The second-order valence-corrected chi connectivity index (χ2v) is 5.65. The molecule has 0 aliphatic heterocycles. The van der Waals surface area contributed by atoms with Crippen molar-refractivity contribution in [3.05, 3.63) is 58.1 Å². The highest BCUT2D eigenvalue weighted by molar-refractivity contribution is 7.18. The molecule has 0 aliphatic rings. The number of benzene rings is 2. The average Bonchev–Trinajstić information content (AvgIpc) is 2.73. The molecule has 0 spiro atoms. The van der Waals surface area contributed by atoms with E-state index in [2.05, 4.69) is 4.98 Å². The van der Waals surface area contributed by atoms with Crippen molar-refractivity contribution in [1.82, 2.24) is 4.98 Å². The third-order valence-corrected chi connectivity index (χ3v) is 4.06. The first-order valence-electron chi connectivity index (χ1n) is 5.61. The van der Waals surface area contributed by atoms with Crippen molar-refractivity contribution >= 4 is 38.8 Å². The molecule has 0 fully saturated rings. The molecule has 2 nitrogen and oxygen atoms in total. The molecular weight excluding hydrogens is 264 g/mol. The highest BCUT2D eigenvalue weighted by Gasteiger charge is 2.06. The highest BCUT2D eigenvalue weighted by Crippen LogP contribution is 2.27. The molecule has 0 radical (unpaired) electrons. The van der Waals surface area contributed by atoms with Gasteiger partial charge >= 0.3 is 0 Å². The maximum absolute atomic E-state index is 5.96. The Balaban J connectivity index is 1.98.